The van der Waals surface area contributed by atoms with Gasteiger partial charge in [-0.25, -0.2) is 0 Å². The number of hydrogen-bond donors (Lipinski definition) is 1. The number of carbonyl (C=O) groups is 1. The molecular weight excluding hydrogens is 362 g/mol. The quantitative estimate of drug-likeness (QED) is 0.741. The number of pyridine rings is 1. The van der Waals surface area contributed by atoms with Gasteiger partial charge < -0.3 is 10.5 Å². The van der Waals surface area contributed by atoms with E-state index < -0.39 is 0 Å². The van der Waals surface area contributed by atoms with E-state index in [1.54, 1.807) is 36.7 Å². The Hall–Kier alpha value is -3.02. The van der Waals surface area contributed by atoms with Crippen LogP contribution in [0.2, 0.25) is 5.02 Å². The van der Waals surface area contributed by atoms with Crippen LogP contribution < -0.4 is 10.5 Å². The molecule has 1 aliphatic rings. The van der Waals surface area contributed by atoms with Crippen LogP contribution >= 0.6 is 11.6 Å². The number of aromatic nitrogens is 1. The highest BCUT2D eigenvalue weighted by Crippen LogP contribution is 2.29. The average Bonchev–Trinajstić information content (AvgIpc) is 2.70. The third kappa shape index (κ3) is 3.60. The monoisotopic (exact) mass is 377 g/mol. The molecule has 0 unspecified atom stereocenters. The van der Waals surface area contributed by atoms with Crippen LogP contribution in [0, 0.1) is 0 Å². The number of Topliss-reactive ketones (excluding diaryl/α,β-unsaturated/α-hetero) is 1. The van der Waals surface area contributed by atoms with Gasteiger partial charge in [0.25, 0.3) is 0 Å². The van der Waals surface area contributed by atoms with Gasteiger partial charge in [0.15, 0.2) is 5.78 Å². The largest absolute Gasteiger partial charge is 0.456 e. The highest BCUT2D eigenvalue weighted by molar-refractivity contribution is 6.30. The van der Waals surface area contributed by atoms with E-state index in [0.717, 1.165) is 22.4 Å². The SMILES string of the molecule is NCC1=NCC(=O)c2ccc(-c3cncc(Oc4ccc(Cl)cc4)c3)cc21. The molecule has 4 rings (SSSR count). The third-order valence-corrected chi connectivity index (χ3v) is 4.59. The van der Waals surface area contributed by atoms with Crippen LogP contribution in [0.5, 0.6) is 11.5 Å². The Bertz CT molecular complexity index is 1050. The molecule has 3 aromatic rings. The number of hydrogen-bond acceptors (Lipinski definition) is 5. The molecule has 0 aliphatic carbocycles. The van der Waals surface area contributed by atoms with Gasteiger partial charge in [0, 0.05) is 34.5 Å². The highest BCUT2D eigenvalue weighted by Gasteiger charge is 2.20. The standard InChI is InChI=1S/C21H16ClN3O2/c22-15-2-4-16(5-3-15)27-17-7-14(10-24-11-17)13-1-6-18-19(8-13)20(9-23)25-12-21(18)26/h1-8,10-11H,9,12,23H2. The number of fused-ring (bicyclic) bond motifs is 1. The van der Waals surface area contributed by atoms with E-state index in [0.29, 0.717) is 28.6 Å². The molecule has 2 heterocycles. The smallest absolute Gasteiger partial charge is 0.184 e. The Morgan fingerprint density at radius 1 is 0.963 bits per heavy atom. The predicted octanol–water partition coefficient (Wildman–Crippen LogP) is 4.14. The summed E-state index contributed by atoms with van der Waals surface area (Å²) in [6, 6.07) is 14.7. The molecule has 0 spiro atoms. The van der Waals surface area contributed by atoms with E-state index in [-0.39, 0.29) is 12.3 Å². The summed E-state index contributed by atoms with van der Waals surface area (Å²) < 4.78 is 5.85. The number of ketones is 1. The van der Waals surface area contributed by atoms with Gasteiger partial charge in [-0.15, -0.1) is 0 Å². The first-order valence-corrected chi connectivity index (χ1v) is 8.82. The van der Waals surface area contributed by atoms with Crippen LogP contribution in [-0.4, -0.2) is 29.6 Å². The van der Waals surface area contributed by atoms with E-state index in [2.05, 4.69) is 9.98 Å². The fourth-order valence-electron chi connectivity index (χ4n) is 2.99. The molecule has 2 aromatic carbocycles. The predicted molar refractivity (Wildman–Crippen MR) is 106 cm³/mol. The molecule has 0 fully saturated rings. The van der Waals surface area contributed by atoms with Gasteiger partial charge in [-0.05, 0) is 42.0 Å². The van der Waals surface area contributed by atoms with E-state index in [1.165, 1.54) is 0 Å². The third-order valence-electron chi connectivity index (χ3n) is 4.33. The minimum absolute atomic E-state index is 0.00620. The first-order chi connectivity index (χ1) is 13.1. The van der Waals surface area contributed by atoms with Gasteiger partial charge in [-0.2, -0.15) is 0 Å². The summed E-state index contributed by atoms with van der Waals surface area (Å²) in [7, 11) is 0. The fraction of sp³-hybridized carbons (Fsp3) is 0.0952. The molecule has 6 heteroatoms. The number of ether oxygens (including phenoxy) is 1. The maximum atomic E-state index is 12.1. The Morgan fingerprint density at radius 3 is 2.56 bits per heavy atom. The highest BCUT2D eigenvalue weighted by atomic mass is 35.5. The lowest BCUT2D eigenvalue weighted by Crippen LogP contribution is -2.24. The van der Waals surface area contributed by atoms with Crippen molar-refractivity contribution in [2.75, 3.05) is 13.1 Å². The molecule has 134 valence electrons. The zero-order valence-electron chi connectivity index (χ0n) is 14.4. The van der Waals surface area contributed by atoms with Crippen LogP contribution in [0.4, 0.5) is 0 Å². The topological polar surface area (TPSA) is 77.6 Å². The second-order valence-corrected chi connectivity index (χ2v) is 6.55. The molecule has 27 heavy (non-hydrogen) atoms. The Kier molecular flexibility index (Phi) is 4.71. The Morgan fingerprint density at radius 2 is 1.78 bits per heavy atom. The van der Waals surface area contributed by atoms with Crippen molar-refractivity contribution in [3.63, 3.8) is 0 Å². The number of nitrogens with two attached hydrogens (primary N) is 1. The van der Waals surface area contributed by atoms with Crippen molar-refractivity contribution in [2.24, 2.45) is 10.7 Å². The number of carbonyl (C=O) groups excluding carboxylic acids is 1. The molecule has 0 saturated carbocycles. The van der Waals surface area contributed by atoms with Gasteiger partial charge >= 0.3 is 0 Å². The first kappa shape index (κ1) is 17.4. The molecule has 0 amide bonds. The maximum absolute atomic E-state index is 12.1. The lowest BCUT2D eigenvalue weighted by Gasteiger charge is -2.16. The second kappa shape index (κ2) is 7.31. The lowest BCUT2D eigenvalue weighted by molar-refractivity contribution is 0.1000. The molecule has 0 radical (unpaired) electrons. The minimum Gasteiger partial charge on any atom is -0.456 e. The van der Waals surface area contributed by atoms with Crippen LogP contribution in [0.25, 0.3) is 11.1 Å². The van der Waals surface area contributed by atoms with Crippen molar-refractivity contribution in [2.45, 2.75) is 0 Å². The summed E-state index contributed by atoms with van der Waals surface area (Å²) in [5, 5.41) is 0.648. The van der Waals surface area contributed by atoms with Crippen LogP contribution in [0.1, 0.15) is 15.9 Å². The summed E-state index contributed by atoms with van der Waals surface area (Å²) in [6.45, 7) is 0.451. The molecule has 5 nitrogen and oxygen atoms in total. The summed E-state index contributed by atoms with van der Waals surface area (Å²) in [5.41, 5.74) is 9.77. The molecule has 0 saturated heterocycles. The van der Waals surface area contributed by atoms with E-state index in [1.807, 2.05) is 24.3 Å². The van der Waals surface area contributed by atoms with Gasteiger partial charge in [0.2, 0.25) is 0 Å². The number of benzene rings is 2. The van der Waals surface area contributed by atoms with E-state index in [4.69, 9.17) is 22.1 Å². The number of nitrogens with zero attached hydrogens (tertiary/aromatic N) is 2. The molecule has 2 N–H and O–H groups in total. The molecular formula is C21H16ClN3O2. The number of aliphatic imine (C=N–C) groups is 1. The average molecular weight is 378 g/mol. The Labute approximate surface area is 161 Å². The van der Waals surface area contributed by atoms with Gasteiger partial charge in [0.05, 0.1) is 11.9 Å². The summed E-state index contributed by atoms with van der Waals surface area (Å²) in [5.74, 6) is 1.29. The summed E-state index contributed by atoms with van der Waals surface area (Å²) >= 11 is 5.90. The zero-order valence-corrected chi connectivity index (χ0v) is 15.1. The minimum atomic E-state index is 0.00620. The lowest BCUT2D eigenvalue weighted by atomic mass is 9.93. The van der Waals surface area contributed by atoms with Crippen molar-refractivity contribution in [3.05, 3.63) is 77.1 Å². The van der Waals surface area contributed by atoms with E-state index >= 15 is 0 Å². The maximum Gasteiger partial charge on any atom is 0.184 e. The normalized spacial score (nSPS) is 13.1. The zero-order chi connectivity index (χ0) is 18.8. The second-order valence-electron chi connectivity index (χ2n) is 6.12. The van der Waals surface area contributed by atoms with Crippen molar-refractivity contribution in [3.8, 4) is 22.6 Å². The van der Waals surface area contributed by atoms with E-state index in [9.17, 15) is 4.79 Å². The molecule has 1 aliphatic heterocycles. The van der Waals surface area contributed by atoms with Crippen LogP contribution in [-0.2, 0) is 0 Å². The number of halogens is 1. The van der Waals surface area contributed by atoms with Crippen molar-refractivity contribution in [1.82, 2.24) is 4.98 Å². The first-order valence-electron chi connectivity index (χ1n) is 8.44. The molecule has 0 bridgehead atoms. The fourth-order valence-corrected chi connectivity index (χ4v) is 3.12. The van der Waals surface area contributed by atoms with Gasteiger partial charge in [0.1, 0.15) is 18.0 Å². The van der Waals surface area contributed by atoms with Gasteiger partial charge in [-0.3, -0.25) is 14.8 Å². The van der Waals surface area contributed by atoms with Crippen molar-refractivity contribution in [1.29, 1.82) is 0 Å². The van der Waals surface area contributed by atoms with Gasteiger partial charge in [-0.1, -0.05) is 23.7 Å². The molecule has 1 aromatic heterocycles. The summed E-state index contributed by atoms with van der Waals surface area (Å²) in [6.07, 6.45) is 3.40. The van der Waals surface area contributed by atoms with Crippen molar-refractivity contribution >= 4 is 23.1 Å². The Balaban J connectivity index is 1.67. The van der Waals surface area contributed by atoms with Crippen molar-refractivity contribution < 1.29 is 9.53 Å². The van der Waals surface area contributed by atoms with Crippen LogP contribution in [0.15, 0.2) is 65.9 Å². The summed E-state index contributed by atoms with van der Waals surface area (Å²) in [4.78, 5) is 20.6. The number of rotatable bonds is 4. The molecule has 0 atom stereocenters. The van der Waals surface area contributed by atoms with Crippen LogP contribution in [0.3, 0.4) is 0 Å².